The van der Waals surface area contributed by atoms with Crippen LogP contribution < -0.4 is 11.1 Å². The SMILES string of the molecule is NC(=S)c1ccc(Nc2cc(F)c(F)c(F)c2)c(F)c1Br. The number of nitrogens with two attached hydrogens (primary N) is 1. The molecule has 8 heteroatoms. The van der Waals surface area contributed by atoms with Gasteiger partial charge >= 0.3 is 0 Å². The maximum Gasteiger partial charge on any atom is 0.194 e. The van der Waals surface area contributed by atoms with Crippen molar-refractivity contribution in [3.63, 3.8) is 0 Å². The van der Waals surface area contributed by atoms with E-state index in [1.54, 1.807) is 0 Å². The predicted octanol–water partition coefficient (Wildman–Crippen LogP) is 4.38. The minimum atomic E-state index is -1.59. The molecule has 0 aliphatic heterocycles. The van der Waals surface area contributed by atoms with Gasteiger partial charge in [-0.2, -0.15) is 0 Å². The fraction of sp³-hybridized carbons (Fsp3) is 0. The highest BCUT2D eigenvalue weighted by atomic mass is 79.9. The summed E-state index contributed by atoms with van der Waals surface area (Å²) in [6.45, 7) is 0. The lowest BCUT2D eigenvalue weighted by atomic mass is 10.2. The van der Waals surface area contributed by atoms with Gasteiger partial charge in [0.2, 0.25) is 0 Å². The Bertz CT molecular complexity index is 713. The Morgan fingerprint density at radius 3 is 2.14 bits per heavy atom. The van der Waals surface area contributed by atoms with Crippen LogP contribution in [0.15, 0.2) is 28.7 Å². The molecule has 0 heterocycles. The van der Waals surface area contributed by atoms with Gasteiger partial charge in [-0.3, -0.25) is 0 Å². The Morgan fingerprint density at radius 2 is 1.62 bits per heavy atom. The summed E-state index contributed by atoms with van der Waals surface area (Å²) in [5.41, 5.74) is 5.48. The molecule has 0 spiro atoms. The maximum atomic E-state index is 14.1. The second-order valence-electron chi connectivity index (χ2n) is 4.03. The quantitative estimate of drug-likeness (QED) is 0.472. The smallest absolute Gasteiger partial charge is 0.194 e. The fourth-order valence-corrected chi connectivity index (χ4v) is 2.48. The van der Waals surface area contributed by atoms with Crippen LogP contribution in [0.1, 0.15) is 5.56 Å². The predicted molar refractivity (Wildman–Crippen MR) is 79.6 cm³/mol. The highest BCUT2D eigenvalue weighted by molar-refractivity contribution is 9.10. The van der Waals surface area contributed by atoms with Gasteiger partial charge < -0.3 is 11.1 Å². The van der Waals surface area contributed by atoms with Gasteiger partial charge in [0.1, 0.15) is 4.99 Å². The van der Waals surface area contributed by atoms with Crippen LogP contribution in [0.25, 0.3) is 0 Å². The average Bonchev–Trinajstić information content (AvgIpc) is 2.41. The average molecular weight is 379 g/mol. The maximum absolute atomic E-state index is 14.1. The normalized spacial score (nSPS) is 10.5. The molecule has 2 nitrogen and oxygen atoms in total. The molecular weight excluding hydrogens is 372 g/mol. The van der Waals surface area contributed by atoms with Crippen molar-refractivity contribution in [3.8, 4) is 0 Å². The Hall–Kier alpha value is -1.67. The first-order chi connectivity index (χ1) is 9.81. The molecule has 110 valence electrons. The molecule has 2 rings (SSSR count). The molecule has 0 fully saturated rings. The Kier molecular flexibility index (Phi) is 4.48. The minimum absolute atomic E-state index is 0.00815. The molecule has 0 saturated heterocycles. The molecule has 0 aliphatic carbocycles. The third kappa shape index (κ3) is 3.16. The summed E-state index contributed by atoms with van der Waals surface area (Å²) in [7, 11) is 0. The number of anilines is 2. The molecule has 0 bridgehead atoms. The van der Waals surface area contributed by atoms with Crippen molar-refractivity contribution < 1.29 is 17.6 Å². The van der Waals surface area contributed by atoms with Crippen molar-refractivity contribution in [3.05, 3.63) is 57.6 Å². The van der Waals surface area contributed by atoms with Crippen molar-refractivity contribution in [2.45, 2.75) is 0 Å². The summed E-state index contributed by atoms with van der Waals surface area (Å²) in [5.74, 6) is -5.09. The largest absolute Gasteiger partial charge is 0.389 e. The van der Waals surface area contributed by atoms with Crippen molar-refractivity contribution in [1.29, 1.82) is 0 Å². The van der Waals surface area contributed by atoms with Crippen LogP contribution in [0.4, 0.5) is 28.9 Å². The van der Waals surface area contributed by atoms with E-state index in [1.807, 2.05) is 0 Å². The molecule has 0 aromatic heterocycles. The number of benzene rings is 2. The molecule has 0 amide bonds. The lowest BCUT2D eigenvalue weighted by Crippen LogP contribution is -2.11. The third-order valence-electron chi connectivity index (χ3n) is 2.61. The van der Waals surface area contributed by atoms with Gasteiger partial charge in [-0.15, -0.1) is 0 Å². The second kappa shape index (κ2) is 5.98. The topological polar surface area (TPSA) is 38.0 Å². The van der Waals surface area contributed by atoms with Gasteiger partial charge in [0.15, 0.2) is 23.3 Å². The van der Waals surface area contributed by atoms with E-state index in [9.17, 15) is 17.6 Å². The van der Waals surface area contributed by atoms with E-state index < -0.39 is 23.3 Å². The van der Waals surface area contributed by atoms with Gasteiger partial charge in [-0.1, -0.05) is 12.2 Å². The van der Waals surface area contributed by atoms with E-state index in [-0.39, 0.29) is 26.4 Å². The molecule has 0 unspecified atom stereocenters. The van der Waals surface area contributed by atoms with E-state index in [4.69, 9.17) is 18.0 Å². The van der Waals surface area contributed by atoms with Crippen molar-refractivity contribution >= 4 is 44.5 Å². The number of rotatable bonds is 3. The standard InChI is InChI=1S/C13H7BrF4N2S/c14-10-6(13(19)21)1-2-9(12(10)18)20-5-3-7(15)11(17)8(16)4-5/h1-4,20H,(H2,19,21). The zero-order chi connectivity index (χ0) is 15.7. The van der Waals surface area contributed by atoms with Gasteiger partial charge in [-0.25, -0.2) is 17.6 Å². The first kappa shape index (κ1) is 15.7. The first-order valence-corrected chi connectivity index (χ1v) is 6.70. The molecule has 2 aromatic rings. The van der Waals surface area contributed by atoms with Crippen molar-refractivity contribution in [2.75, 3.05) is 5.32 Å². The Labute approximate surface area is 131 Å². The molecule has 0 aliphatic rings. The molecule has 2 aromatic carbocycles. The summed E-state index contributed by atoms with van der Waals surface area (Å²) in [6.07, 6.45) is 0. The van der Waals surface area contributed by atoms with Gasteiger partial charge in [0.05, 0.1) is 10.2 Å². The summed E-state index contributed by atoms with van der Waals surface area (Å²) in [4.78, 5) is -0.00815. The van der Waals surface area contributed by atoms with E-state index >= 15 is 0 Å². The zero-order valence-electron chi connectivity index (χ0n) is 10.2. The van der Waals surface area contributed by atoms with Gasteiger partial charge in [0, 0.05) is 23.4 Å². The van der Waals surface area contributed by atoms with E-state index in [0.717, 1.165) is 0 Å². The highest BCUT2D eigenvalue weighted by Crippen LogP contribution is 2.30. The lowest BCUT2D eigenvalue weighted by Gasteiger charge is -2.11. The Balaban J connectivity index is 2.41. The van der Waals surface area contributed by atoms with E-state index in [1.165, 1.54) is 12.1 Å². The molecule has 0 radical (unpaired) electrons. The second-order valence-corrected chi connectivity index (χ2v) is 5.26. The van der Waals surface area contributed by atoms with Gasteiger partial charge in [0.25, 0.3) is 0 Å². The van der Waals surface area contributed by atoms with Crippen LogP contribution >= 0.6 is 28.1 Å². The molecule has 3 N–H and O–H groups in total. The Morgan fingerprint density at radius 1 is 1.05 bits per heavy atom. The molecule has 0 saturated carbocycles. The zero-order valence-corrected chi connectivity index (χ0v) is 12.6. The molecular formula is C13H7BrF4N2S. The van der Waals surface area contributed by atoms with Crippen LogP contribution in [0, 0.1) is 23.3 Å². The summed E-state index contributed by atoms with van der Waals surface area (Å²) >= 11 is 7.75. The fourth-order valence-electron chi connectivity index (χ4n) is 1.62. The van der Waals surface area contributed by atoms with E-state index in [0.29, 0.717) is 12.1 Å². The summed E-state index contributed by atoms with van der Waals surface area (Å²) in [6, 6.07) is 4.17. The third-order valence-corrected chi connectivity index (χ3v) is 3.61. The number of halogens is 5. The van der Waals surface area contributed by atoms with Gasteiger partial charge in [-0.05, 0) is 28.1 Å². The lowest BCUT2D eigenvalue weighted by molar-refractivity contribution is 0.448. The van der Waals surface area contributed by atoms with Crippen molar-refractivity contribution in [1.82, 2.24) is 0 Å². The van der Waals surface area contributed by atoms with Crippen LogP contribution in [0.5, 0.6) is 0 Å². The first-order valence-electron chi connectivity index (χ1n) is 5.50. The summed E-state index contributed by atoms with van der Waals surface area (Å²) in [5, 5.41) is 2.45. The number of nitrogens with one attached hydrogen (secondary N) is 1. The van der Waals surface area contributed by atoms with Crippen LogP contribution in [0.3, 0.4) is 0 Å². The monoisotopic (exact) mass is 378 g/mol. The van der Waals surface area contributed by atoms with Crippen LogP contribution in [-0.2, 0) is 0 Å². The number of hydrogen-bond donors (Lipinski definition) is 2. The number of hydrogen-bond acceptors (Lipinski definition) is 2. The minimum Gasteiger partial charge on any atom is -0.389 e. The van der Waals surface area contributed by atoms with Crippen LogP contribution in [-0.4, -0.2) is 4.99 Å². The number of thiocarbonyl (C=S) groups is 1. The highest BCUT2D eigenvalue weighted by Gasteiger charge is 2.15. The van der Waals surface area contributed by atoms with Crippen LogP contribution in [0.2, 0.25) is 0 Å². The van der Waals surface area contributed by atoms with E-state index in [2.05, 4.69) is 21.2 Å². The molecule has 21 heavy (non-hydrogen) atoms. The van der Waals surface area contributed by atoms with Crippen molar-refractivity contribution in [2.24, 2.45) is 5.73 Å². The summed E-state index contributed by atoms with van der Waals surface area (Å²) < 4.78 is 53.2. The molecule has 0 atom stereocenters.